The highest BCUT2D eigenvalue weighted by Gasteiger charge is 2.15. The van der Waals surface area contributed by atoms with E-state index in [0.29, 0.717) is 27.7 Å². The van der Waals surface area contributed by atoms with Crippen molar-refractivity contribution in [2.45, 2.75) is 24.7 Å². The van der Waals surface area contributed by atoms with E-state index in [1.807, 2.05) is 53.1 Å². The lowest BCUT2D eigenvalue weighted by atomic mass is 10.1. The van der Waals surface area contributed by atoms with Crippen LogP contribution in [0.5, 0.6) is 5.75 Å². The summed E-state index contributed by atoms with van der Waals surface area (Å²) in [7, 11) is 0. The van der Waals surface area contributed by atoms with Crippen LogP contribution in [-0.4, -0.2) is 31.4 Å². The van der Waals surface area contributed by atoms with Crippen molar-refractivity contribution in [3.05, 3.63) is 93.1 Å². The molecule has 0 saturated heterocycles. The molecule has 0 spiro atoms. The monoisotopic (exact) mass is 589 g/mol. The van der Waals surface area contributed by atoms with Crippen LogP contribution in [0.15, 0.2) is 77.0 Å². The molecule has 0 aliphatic carbocycles. The van der Waals surface area contributed by atoms with Crippen molar-refractivity contribution in [2.24, 2.45) is 0 Å². The van der Waals surface area contributed by atoms with Crippen molar-refractivity contribution in [2.75, 3.05) is 11.1 Å². The van der Waals surface area contributed by atoms with E-state index in [-0.39, 0.29) is 18.3 Å². The fraction of sp³-hybridized carbons (Fsp3) is 0.167. The first-order chi connectivity index (χ1) is 17.0. The van der Waals surface area contributed by atoms with E-state index in [4.69, 9.17) is 16.3 Å². The van der Waals surface area contributed by atoms with E-state index in [1.165, 1.54) is 23.1 Å². The third kappa shape index (κ3) is 7.41. The molecule has 1 amide bonds. The Kier molecular flexibility index (Phi) is 8.97. The van der Waals surface area contributed by atoms with Gasteiger partial charge in [-0.1, -0.05) is 57.5 Å². The van der Waals surface area contributed by atoms with E-state index in [0.717, 1.165) is 27.1 Å². The molecule has 0 saturated carbocycles. The maximum Gasteiger partial charge on any atom is 0.236 e. The van der Waals surface area contributed by atoms with Crippen molar-refractivity contribution >= 4 is 61.7 Å². The number of hydrogen-bond donors (Lipinski definition) is 1. The van der Waals surface area contributed by atoms with Crippen molar-refractivity contribution in [3.8, 4) is 5.75 Å². The molecule has 180 valence electrons. The molecule has 2 heterocycles. The zero-order chi connectivity index (χ0) is 24.6. The summed E-state index contributed by atoms with van der Waals surface area (Å²) in [4.78, 5) is 17.9. The number of rotatable bonds is 11. The van der Waals surface area contributed by atoms with Gasteiger partial charge in [-0.05, 0) is 42.0 Å². The highest BCUT2D eigenvalue weighted by molar-refractivity contribution is 9.10. The van der Waals surface area contributed by atoms with Gasteiger partial charge in [-0.2, -0.15) is 0 Å². The fourth-order valence-corrected chi connectivity index (χ4v) is 5.08. The van der Waals surface area contributed by atoms with Gasteiger partial charge >= 0.3 is 0 Å². The first-order valence-corrected chi connectivity index (χ1v) is 13.5. The number of benzene rings is 2. The van der Waals surface area contributed by atoms with E-state index < -0.39 is 0 Å². The molecule has 4 aromatic rings. The maximum atomic E-state index is 12.5. The molecule has 7 nitrogen and oxygen atoms in total. The minimum Gasteiger partial charge on any atom is -0.486 e. The molecule has 0 atom stereocenters. The Balaban J connectivity index is 1.31. The molecule has 0 fully saturated rings. The summed E-state index contributed by atoms with van der Waals surface area (Å²) in [5, 5.41) is 13.2. The molecule has 1 N–H and O–H groups in total. The van der Waals surface area contributed by atoms with Crippen LogP contribution in [0.3, 0.4) is 0 Å². The number of thioether (sulfide) groups is 1. The average Bonchev–Trinajstić information content (AvgIpc) is 3.45. The van der Waals surface area contributed by atoms with Gasteiger partial charge in [0.1, 0.15) is 12.4 Å². The lowest BCUT2D eigenvalue weighted by Gasteiger charge is -2.09. The molecule has 4 rings (SSSR count). The van der Waals surface area contributed by atoms with Crippen LogP contribution in [0.25, 0.3) is 0 Å². The highest BCUT2D eigenvalue weighted by Crippen LogP contribution is 2.24. The molecule has 0 aliphatic rings. The third-order valence-corrected chi connectivity index (χ3v) is 7.37. The second-order valence-electron chi connectivity index (χ2n) is 7.31. The number of ether oxygens (including phenoxy) is 1. The van der Waals surface area contributed by atoms with Crippen LogP contribution in [-0.2, 0) is 24.4 Å². The van der Waals surface area contributed by atoms with Gasteiger partial charge in [-0.3, -0.25) is 9.36 Å². The summed E-state index contributed by atoms with van der Waals surface area (Å²) in [5.41, 5.74) is 1.13. The van der Waals surface area contributed by atoms with E-state index >= 15 is 0 Å². The number of thiazole rings is 1. The van der Waals surface area contributed by atoms with E-state index in [2.05, 4.69) is 43.0 Å². The van der Waals surface area contributed by atoms with Gasteiger partial charge in [0.15, 0.2) is 16.1 Å². The zero-order valence-corrected chi connectivity index (χ0v) is 22.5. The molecule has 2 aromatic carbocycles. The molecule has 0 aliphatic heterocycles. The molecular formula is C24H21BrClN5O2S2. The lowest BCUT2D eigenvalue weighted by molar-refractivity contribution is -0.113. The fourth-order valence-electron chi connectivity index (χ4n) is 3.06. The summed E-state index contributed by atoms with van der Waals surface area (Å²) in [6, 6.07) is 15.3. The van der Waals surface area contributed by atoms with Gasteiger partial charge in [0.25, 0.3) is 0 Å². The summed E-state index contributed by atoms with van der Waals surface area (Å²) >= 11 is 12.1. The summed E-state index contributed by atoms with van der Waals surface area (Å²) in [6.45, 7) is 4.57. The largest absolute Gasteiger partial charge is 0.486 e. The van der Waals surface area contributed by atoms with E-state index in [1.54, 1.807) is 12.3 Å². The molecule has 0 unspecified atom stereocenters. The van der Waals surface area contributed by atoms with Crippen molar-refractivity contribution in [3.63, 3.8) is 0 Å². The predicted octanol–water partition coefficient (Wildman–Crippen LogP) is 6.24. The van der Waals surface area contributed by atoms with Crippen molar-refractivity contribution < 1.29 is 9.53 Å². The number of anilines is 1. The van der Waals surface area contributed by atoms with Crippen LogP contribution in [0.4, 0.5) is 5.13 Å². The number of aromatic nitrogens is 4. The van der Waals surface area contributed by atoms with Crippen LogP contribution in [0.2, 0.25) is 5.02 Å². The number of carbonyl (C=O) groups is 1. The quantitative estimate of drug-likeness (QED) is 0.165. The molecule has 11 heteroatoms. The highest BCUT2D eigenvalue weighted by atomic mass is 79.9. The van der Waals surface area contributed by atoms with Crippen molar-refractivity contribution in [1.82, 2.24) is 19.7 Å². The Morgan fingerprint density at radius 2 is 1.97 bits per heavy atom. The number of allylic oxidation sites excluding steroid dienone is 1. The average molecular weight is 591 g/mol. The summed E-state index contributed by atoms with van der Waals surface area (Å²) in [6.07, 6.45) is 4.27. The first-order valence-electron chi connectivity index (χ1n) is 10.5. The van der Waals surface area contributed by atoms with Gasteiger partial charge in [0.2, 0.25) is 5.91 Å². The number of nitrogens with zero attached hydrogens (tertiary/aromatic N) is 4. The summed E-state index contributed by atoms with van der Waals surface area (Å²) in [5.74, 6) is 1.40. The first kappa shape index (κ1) is 25.4. The Morgan fingerprint density at radius 1 is 1.20 bits per heavy atom. The zero-order valence-electron chi connectivity index (χ0n) is 18.5. The topological polar surface area (TPSA) is 81.9 Å². The van der Waals surface area contributed by atoms with Gasteiger partial charge in [-0.25, -0.2) is 4.98 Å². The SMILES string of the molecule is C=CCn1c(COc2ccc(Br)cc2)nnc1SCC(=O)Nc1ncc(Cc2ccc(Cl)cc2)s1. The second-order valence-corrected chi connectivity index (χ2v) is 10.7. The molecular weight excluding hydrogens is 570 g/mol. The lowest BCUT2D eigenvalue weighted by Crippen LogP contribution is -2.14. The summed E-state index contributed by atoms with van der Waals surface area (Å²) < 4.78 is 8.69. The van der Waals surface area contributed by atoms with Gasteiger partial charge in [0, 0.05) is 33.5 Å². The van der Waals surface area contributed by atoms with E-state index in [9.17, 15) is 4.79 Å². The predicted molar refractivity (Wildman–Crippen MR) is 144 cm³/mol. The Morgan fingerprint density at radius 3 is 2.71 bits per heavy atom. The third-order valence-electron chi connectivity index (χ3n) is 4.71. The number of halogens is 2. The standard InChI is InChI=1S/C24H21BrClN5O2S2/c1-2-11-31-21(14-33-19-9-5-17(25)6-10-19)29-30-24(31)34-15-22(32)28-23-27-13-20(35-23)12-16-3-7-18(26)8-4-16/h2-10,13H,1,11-12,14-15H2,(H,27,28,32). The van der Waals surface area contributed by atoms with Crippen molar-refractivity contribution in [1.29, 1.82) is 0 Å². The van der Waals surface area contributed by atoms with Crippen LogP contribution >= 0.6 is 50.6 Å². The second kappa shape index (κ2) is 12.3. The molecule has 0 bridgehead atoms. The van der Waals surface area contributed by atoms with Crippen LogP contribution in [0, 0.1) is 0 Å². The van der Waals surface area contributed by atoms with Gasteiger partial charge in [-0.15, -0.1) is 28.1 Å². The van der Waals surface area contributed by atoms with Crippen LogP contribution < -0.4 is 10.1 Å². The Hall–Kier alpha value is -2.66. The number of amides is 1. The number of hydrogen-bond acceptors (Lipinski definition) is 7. The minimum absolute atomic E-state index is 0.164. The minimum atomic E-state index is -0.164. The smallest absolute Gasteiger partial charge is 0.236 e. The number of carbonyl (C=O) groups excluding carboxylic acids is 1. The molecule has 35 heavy (non-hydrogen) atoms. The Labute approximate surface area is 224 Å². The Bertz CT molecular complexity index is 1290. The molecule has 0 radical (unpaired) electrons. The number of nitrogens with one attached hydrogen (secondary N) is 1. The van der Waals surface area contributed by atoms with Gasteiger partial charge in [0.05, 0.1) is 5.75 Å². The normalized spacial score (nSPS) is 10.8. The molecule has 2 aromatic heterocycles. The van der Waals surface area contributed by atoms with Crippen LogP contribution in [0.1, 0.15) is 16.3 Å². The maximum absolute atomic E-state index is 12.5. The van der Waals surface area contributed by atoms with Gasteiger partial charge < -0.3 is 10.1 Å².